The van der Waals surface area contributed by atoms with E-state index in [0.717, 1.165) is 0 Å². The van der Waals surface area contributed by atoms with E-state index >= 15 is 0 Å². The predicted octanol–water partition coefficient (Wildman–Crippen LogP) is 3.70. The maximum atomic E-state index is 14.2. The number of carbonyl (C=O) groups excluding carboxylic acids is 9. The third kappa shape index (κ3) is 12.2. The number of amides is 8. The van der Waals surface area contributed by atoms with Crippen molar-refractivity contribution in [2.24, 2.45) is 11.7 Å². The number of primary amides is 1. The average Bonchev–Trinajstić information content (AvgIpc) is 4.17. The number of benzene rings is 2. The van der Waals surface area contributed by atoms with Crippen molar-refractivity contribution in [1.29, 1.82) is 0 Å². The Kier molecular flexibility index (Phi) is 17.1. The summed E-state index contributed by atoms with van der Waals surface area (Å²) < 4.78 is 29.9. The molecule has 78 heavy (non-hydrogen) atoms. The van der Waals surface area contributed by atoms with Crippen molar-refractivity contribution in [2.75, 3.05) is 31.6 Å². The molecule has 0 saturated carbocycles. The average molecular weight is 1080 g/mol. The summed E-state index contributed by atoms with van der Waals surface area (Å²) in [4.78, 5) is 135. The van der Waals surface area contributed by atoms with Gasteiger partial charge in [-0.15, -0.1) is 0 Å². The molecule has 2 aromatic heterocycles. The normalized spacial score (nSPS) is 16.6. The molecule has 1 saturated heterocycles. The first kappa shape index (κ1) is 55.4. The molecule has 0 aliphatic carbocycles. The molecule has 24 nitrogen and oxygen atoms in total. The smallest absolute Gasteiger partial charge is 0.407 e. The molecule has 0 bridgehead atoms. The van der Waals surface area contributed by atoms with E-state index in [2.05, 4.69) is 26.6 Å². The number of cyclic esters (lactones) is 1. The van der Waals surface area contributed by atoms with Gasteiger partial charge < -0.3 is 60.6 Å². The van der Waals surface area contributed by atoms with Gasteiger partial charge in [0, 0.05) is 74.1 Å². The number of urea groups is 1. The summed E-state index contributed by atoms with van der Waals surface area (Å²) in [5.74, 6) is -3.12. The third-order valence-corrected chi connectivity index (χ3v) is 13.7. The molecule has 7 N–H and O–H groups in total. The zero-order valence-corrected chi connectivity index (χ0v) is 43.6. The van der Waals surface area contributed by atoms with Gasteiger partial charge in [-0.3, -0.25) is 38.5 Å². The molecule has 8 rings (SSSR count). The van der Waals surface area contributed by atoms with Crippen molar-refractivity contribution in [3.05, 3.63) is 92.4 Å². The molecule has 412 valence electrons. The number of anilines is 1. The highest BCUT2D eigenvalue weighted by Gasteiger charge is 2.50. The molecule has 4 aliphatic rings. The first-order valence-electron chi connectivity index (χ1n) is 25.7. The fourth-order valence-electron chi connectivity index (χ4n) is 9.75. The van der Waals surface area contributed by atoms with Crippen LogP contribution in [0.25, 0.3) is 22.3 Å². The van der Waals surface area contributed by atoms with Crippen molar-refractivity contribution in [3.8, 4) is 22.9 Å². The minimum absolute atomic E-state index is 0.00585. The van der Waals surface area contributed by atoms with Gasteiger partial charge in [0.05, 0.1) is 29.0 Å². The number of alkyl carbamates (subject to hydrolysis) is 1. The Hall–Kier alpha value is -8.83. The molecule has 0 unspecified atom stereocenters. The first-order chi connectivity index (χ1) is 37.4. The molecule has 0 radical (unpaired) electrons. The number of hydrogen-bond acceptors (Lipinski definition) is 16. The Morgan fingerprint density at radius 1 is 0.897 bits per heavy atom. The molecule has 24 heteroatoms. The number of rotatable bonds is 21. The SMILES string of the molecule is CC[C@@]1(OC(C)=O)C(=O)OCc2c1cc1n(c2=O)Cc2c-1nc1cc3c(cc1c2CNC(=O)OCc1ccc(NC(=O)/C(=C\CCNC(N)=O)NC(=O)[C@@H](NC(=O)CCCCCN2C(=O)CCC2=O)C(C)C)cc1)OCCO3. The highest BCUT2D eigenvalue weighted by atomic mass is 16.6. The zero-order valence-electron chi connectivity index (χ0n) is 43.6. The van der Waals surface area contributed by atoms with Crippen LogP contribution in [0.1, 0.15) is 107 Å². The van der Waals surface area contributed by atoms with Crippen molar-refractivity contribution in [2.45, 2.75) is 117 Å². The minimum Gasteiger partial charge on any atom is -0.486 e. The Labute approximate surface area is 447 Å². The Morgan fingerprint density at radius 2 is 1.62 bits per heavy atom. The number of pyridine rings is 2. The number of carbonyl (C=O) groups is 9. The largest absolute Gasteiger partial charge is 0.486 e. The second-order valence-corrected chi connectivity index (χ2v) is 19.4. The van der Waals surface area contributed by atoms with E-state index in [0.29, 0.717) is 95.2 Å². The number of aromatic nitrogens is 2. The lowest BCUT2D eigenvalue weighted by molar-refractivity contribution is -0.188. The number of esters is 2. The van der Waals surface area contributed by atoms with Gasteiger partial charge in [-0.05, 0) is 67.0 Å². The lowest BCUT2D eigenvalue weighted by atomic mass is 9.85. The number of ether oxygens (including phenoxy) is 5. The number of hydrogen-bond donors (Lipinski definition) is 6. The number of unbranched alkanes of at least 4 members (excludes halogenated alkanes) is 2. The lowest BCUT2D eigenvalue weighted by Crippen LogP contribution is -2.50. The van der Waals surface area contributed by atoms with Gasteiger partial charge in [0.1, 0.15) is 38.2 Å². The molecule has 2 aromatic carbocycles. The third-order valence-electron chi connectivity index (χ3n) is 13.7. The van der Waals surface area contributed by atoms with Gasteiger partial charge in [-0.1, -0.05) is 45.4 Å². The summed E-state index contributed by atoms with van der Waals surface area (Å²) in [6.07, 6.45) is 2.85. The molecular weight excluding hydrogens is 1010 g/mol. The molecule has 2 atom stereocenters. The fourth-order valence-corrected chi connectivity index (χ4v) is 9.75. The first-order valence-corrected chi connectivity index (χ1v) is 25.7. The standard InChI is InChI=1S/C54H61N9O15/c1-5-54(78-30(4)64)37-23-40-47-35(26-63(40)50(70)36(37)28-76-51(54)71)34(33-22-41-42(24-39(33)59-47)75-21-20-74-41)25-57-53(73)77-27-31-12-14-32(15-13-31)58-48(68)38(10-9-18-56-52(55)72)60-49(69)46(29(2)3)61-43(65)11-7-6-8-19-62-44(66)16-17-45(62)67/h10,12-15,22-24,29,46H,5-9,11,16-21,25-28H2,1-4H3,(H,57,73)(H,58,68)(H,60,69)(H,61,65)(H3,55,56,72)/b38-10+/t46-,54-/m0/s1. The number of likely N-dealkylation sites (tertiary alicyclic amines) is 1. The van der Waals surface area contributed by atoms with Crippen molar-refractivity contribution < 1.29 is 66.8 Å². The van der Waals surface area contributed by atoms with E-state index in [9.17, 15) is 47.9 Å². The second-order valence-electron chi connectivity index (χ2n) is 19.4. The quantitative estimate of drug-likeness (QED) is 0.0201. The minimum atomic E-state index is -1.85. The molecule has 6 heterocycles. The van der Waals surface area contributed by atoms with Crippen LogP contribution < -0.4 is 47.4 Å². The fraction of sp³-hybridized carbons (Fsp3) is 0.426. The highest BCUT2D eigenvalue weighted by molar-refractivity contribution is 6.06. The van der Waals surface area contributed by atoms with Gasteiger partial charge in [-0.25, -0.2) is 19.4 Å². The van der Waals surface area contributed by atoms with Gasteiger partial charge in [0.25, 0.3) is 11.5 Å². The van der Waals surface area contributed by atoms with Crippen LogP contribution in [0.2, 0.25) is 0 Å². The number of imide groups is 1. The van der Waals surface area contributed by atoms with Crippen LogP contribution in [0.15, 0.2) is 59.0 Å². The van der Waals surface area contributed by atoms with Crippen LogP contribution in [0, 0.1) is 5.92 Å². The summed E-state index contributed by atoms with van der Waals surface area (Å²) in [6.45, 7) is 6.75. The van der Waals surface area contributed by atoms with E-state index < -0.39 is 59.0 Å². The van der Waals surface area contributed by atoms with E-state index in [1.54, 1.807) is 63.2 Å². The van der Waals surface area contributed by atoms with Gasteiger partial charge in [-0.2, -0.15) is 0 Å². The van der Waals surface area contributed by atoms with Crippen molar-refractivity contribution in [3.63, 3.8) is 0 Å². The van der Waals surface area contributed by atoms with E-state index in [4.69, 9.17) is 34.4 Å². The molecule has 4 aliphatic heterocycles. The number of nitrogens with zero attached hydrogens (tertiary/aromatic N) is 3. The molecule has 0 spiro atoms. The van der Waals surface area contributed by atoms with E-state index in [1.807, 2.05) is 0 Å². The van der Waals surface area contributed by atoms with E-state index in [-0.39, 0.29) is 99.5 Å². The van der Waals surface area contributed by atoms with Crippen LogP contribution >= 0.6 is 0 Å². The Morgan fingerprint density at radius 3 is 2.29 bits per heavy atom. The molecule has 1 fully saturated rings. The summed E-state index contributed by atoms with van der Waals surface area (Å²) in [5.41, 5.74) is 6.46. The van der Waals surface area contributed by atoms with Crippen LogP contribution in [-0.4, -0.2) is 100 Å². The Balaban J connectivity index is 0.911. The van der Waals surface area contributed by atoms with Gasteiger partial charge in [0.15, 0.2) is 11.5 Å². The summed E-state index contributed by atoms with van der Waals surface area (Å²) in [7, 11) is 0. The zero-order chi connectivity index (χ0) is 55.8. The maximum absolute atomic E-state index is 14.2. The topological polar surface area (TPSA) is 324 Å². The monoisotopic (exact) mass is 1080 g/mol. The van der Waals surface area contributed by atoms with Crippen LogP contribution in [0.4, 0.5) is 15.3 Å². The molecule has 4 aromatic rings. The van der Waals surface area contributed by atoms with Crippen LogP contribution in [0.3, 0.4) is 0 Å². The number of fused-ring (bicyclic) bond motifs is 6. The second kappa shape index (κ2) is 24.0. The summed E-state index contributed by atoms with van der Waals surface area (Å²) in [6, 6.07) is 9.69. The van der Waals surface area contributed by atoms with Crippen LogP contribution in [-0.2, 0) is 79.7 Å². The van der Waals surface area contributed by atoms with E-state index in [1.165, 1.54) is 22.5 Å². The van der Waals surface area contributed by atoms with Crippen molar-refractivity contribution in [1.82, 2.24) is 35.7 Å². The predicted molar refractivity (Wildman–Crippen MR) is 277 cm³/mol. The number of nitrogens with two attached hydrogens (primary N) is 1. The van der Waals surface area contributed by atoms with Crippen molar-refractivity contribution >= 4 is 70.2 Å². The lowest BCUT2D eigenvalue weighted by Gasteiger charge is -2.35. The van der Waals surface area contributed by atoms with Gasteiger partial charge >= 0.3 is 24.1 Å². The Bertz CT molecular complexity index is 3170. The van der Waals surface area contributed by atoms with Crippen LogP contribution in [0.5, 0.6) is 11.5 Å². The maximum Gasteiger partial charge on any atom is 0.407 e. The molecule has 8 amide bonds. The van der Waals surface area contributed by atoms with Gasteiger partial charge in [0.2, 0.25) is 29.2 Å². The highest BCUT2D eigenvalue weighted by Crippen LogP contribution is 2.44. The summed E-state index contributed by atoms with van der Waals surface area (Å²) >= 11 is 0. The number of nitrogens with one attached hydrogen (secondary N) is 5. The summed E-state index contributed by atoms with van der Waals surface area (Å²) in [5, 5.41) is 13.9. The molecular formula is C54H61N9O15.